The second-order valence-electron chi connectivity index (χ2n) is 4.54. The number of ether oxygens (including phenoxy) is 1. The number of nitrogens with two attached hydrogens (primary N) is 1. The molecule has 1 aromatic carbocycles. The van der Waals surface area contributed by atoms with E-state index in [0.29, 0.717) is 5.56 Å². The number of rotatable bonds is 4. The first-order chi connectivity index (χ1) is 9.11. The maximum atomic E-state index is 11.3. The van der Waals surface area contributed by atoms with Gasteiger partial charge in [0, 0.05) is 24.5 Å². The molecule has 0 radical (unpaired) electrons. The molecular formula is C15H18N2O2. The largest absolute Gasteiger partial charge is 0.465 e. The third-order valence-corrected chi connectivity index (χ3v) is 3.06. The maximum Gasteiger partial charge on any atom is 0.337 e. The summed E-state index contributed by atoms with van der Waals surface area (Å²) in [6.45, 7) is 2.71. The molecule has 4 nitrogen and oxygen atoms in total. The van der Waals surface area contributed by atoms with Gasteiger partial charge in [0.1, 0.15) is 0 Å². The van der Waals surface area contributed by atoms with Crippen molar-refractivity contribution in [2.24, 2.45) is 5.73 Å². The quantitative estimate of drug-likeness (QED) is 0.856. The lowest BCUT2D eigenvalue weighted by atomic mass is 10.1. The van der Waals surface area contributed by atoms with Crippen LogP contribution in [0.5, 0.6) is 0 Å². The van der Waals surface area contributed by atoms with E-state index in [0.717, 1.165) is 17.8 Å². The van der Waals surface area contributed by atoms with Gasteiger partial charge in [0.25, 0.3) is 0 Å². The van der Waals surface area contributed by atoms with Gasteiger partial charge in [-0.15, -0.1) is 0 Å². The van der Waals surface area contributed by atoms with E-state index in [1.54, 1.807) is 12.1 Å². The molecule has 0 aliphatic heterocycles. The molecular weight excluding hydrogens is 240 g/mol. The Balaban J connectivity index is 2.15. The van der Waals surface area contributed by atoms with Gasteiger partial charge in [0.05, 0.1) is 12.7 Å². The summed E-state index contributed by atoms with van der Waals surface area (Å²) < 4.78 is 6.78. The van der Waals surface area contributed by atoms with E-state index in [1.807, 2.05) is 37.4 Å². The number of esters is 1. The fraction of sp³-hybridized carbons (Fsp3) is 0.267. The van der Waals surface area contributed by atoms with E-state index >= 15 is 0 Å². The SMILES string of the molecule is COC(=O)c1ccc(Cn2cccc2C(C)N)cc1. The summed E-state index contributed by atoms with van der Waals surface area (Å²) in [6.07, 6.45) is 2.01. The van der Waals surface area contributed by atoms with Crippen LogP contribution in [0.4, 0.5) is 0 Å². The monoisotopic (exact) mass is 258 g/mol. The number of aromatic nitrogens is 1. The molecule has 100 valence electrons. The Labute approximate surface area is 112 Å². The van der Waals surface area contributed by atoms with Crippen LogP contribution in [0.2, 0.25) is 0 Å². The Morgan fingerprint density at radius 2 is 2.00 bits per heavy atom. The number of carbonyl (C=O) groups excluding carboxylic acids is 1. The summed E-state index contributed by atoms with van der Waals surface area (Å²) in [4.78, 5) is 11.3. The highest BCUT2D eigenvalue weighted by atomic mass is 16.5. The van der Waals surface area contributed by atoms with Crippen LogP contribution in [0, 0.1) is 0 Å². The van der Waals surface area contributed by atoms with Crippen LogP contribution in [-0.4, -0.2) is 17.6 Å². The average molecular weight is 258 g/mol. The predicted molar refractivity (Wildman–Crippen MR) is 73.9 cm³/mol. The lowest BCUT2D eigenvalue weighted by Crippen LogP contribution is -2.12. The van der Waals surface area contributed by atoms with Crippen molar-refractivity contribution in [3.63, 3.8) is 0 Å². The Kier molecular flexibility index (Phi) is 4.02. The lowest BCUT2D eigenvalue weighted by Gasteiger charge is -2.12. The average Bonchev–Trinajstić information content (AvgIpc) is 2.87. The van der Waals surface area contributed by atoms with Crippen LogP contribution in [0.1, 0.15) is 34.6 Å². The van der Waals surface area contributed by atoms with Gasteiger partial charge in [-0.3, -0.25) is 0 Å². The van der Waals surface area contributed by atoms with Crippen LogP contribution >= 0.6 is 0 Å². The Bertz CT molecular complexity index is 556. The molecule has 0 bridgehead atoms. The van der Waals surface area contributed by atoms with Crippen molar-refractivity contribution in [2.45, 2.75) is 19.5 Å². The molecule has 0 amide bonds. The topological polar surface area (TPSA) is 57.2 Å². The number of benzene rings is 1. The fourth-order valence-electron chi connectivity index (χ4n) is 2.05. The number of carbonyl (C=O) groups is 1. The molecule has 0 aliphatic carbocycles. The van der Waals surface area contributed by atoms with Gasteiger partial charge >= 0.3 is 5.97 Å². The van der Waals surface area contributed by atoms with Crippen molar-refractivity contribution < 1.29 is 9.53 Å². The smallest absolute Gasteiger partial charge is 0.337 e. The highest BCUT2D eigenvalue weighted by Crippen LogP contribution is 2.14. The van der Waals surface area contributed by atoms with Gasteiger partial charge in [-0.25, -0.2) is 4.79 Å². The molecule has 0 spiro atoms. The molecule has 2 rings (SSSR count). The summed E-state index contributed by atoms with van der Waals surface area (Å²) in [7, 11) is 1.38. The molecule has 1 aromatic heterocycles. The highest BCUT2D eigenvalue weighted by molar-refractivity contribution is 5.89. The normalized spacial score (nSPS) is 12.2. The molecule has 1 unspecified atom stereocenters. The zero-order valence-corrected chi connectivity index (χ0v) is 11.2. The predicted octanol–water partition coefficient (Wildman–Crippen LogP) is 2.34. The minimum atomic E-state index is -0.316. The first kappa shape index (κ1) is 13.4. The molecule has 2 aromatic rings. The van der Waals surface area contributed by atoms with Gasteiger partial charge in [-0.05, 0) is 36.8 Å². The highest BCUT2D eigenvalue weighted by Gasteiger charge is 2.07. The van der Waals surface area contributed by atoms with Crippen LogP contribution in [0.15, 0.2) is 42.6 Å². The molecule has 0 aliphatic rings. The summed E-state index contributed by atoms with van der Waals surface area (Å²) in [6, 6.07) is 11.4. The van der Waals surface area contributed by atoms with E-state index in [2.05, 4.69) is 9.30 Å². The first-order valence-corrected chi connectivity index (χ1v) is 6.19. The molecule has 19 heavy (non-hydrogen) atoms. The number of hydrogen-bond acceptors (Lipinski definition) is 3. The second kappa shape index (κ2) is 5.71. The van der Waals surface area contributed by atoms with E-state index in [4.69, 9.17) is 5.73 Å². The number of methoxy groups -OCH3 is 1. The summed E-state index contributed by atoms with van der Waals surface area (Å²) in [5, 5.41) is 0. The fourth-order valence-corrected chi connectivity index (χ4v) is 2.05. The zero-order chi connectivity index (χ0) is 13.8. The van der Waals surface area contributed by atoms with Crippen LogP contribution in [0.3, 0.4) is 0 Å². The third-order valence-electron chi connectivity index (χ3n) is 3.06. The van der Waals surface area contributed by atoms with Crippen LogP contribution < -0.4 is 5.73 Å². The summed E-state index contributed by atoms with van der Waals surface area (Å²) >= 11 is 0. The minimum Gasteiger partial charge on any atom is -0.465 e. The molecule has 1 heterocycles. The van der Waals surface area contributed by atoms with Crippen molar-refractivity contribution in [2.75, 3.05) is 7.11 Å². The van der Waals surface area contributed by atoms with E-state index < -0.39 is 0 Å². The van der Waals surface area contributed by atoms with Crippen molar-refractivity contribution in [3.8, 4) is 0 Å². The molecule has 0 fully saturated rings. The van der Waals surface area contributed by atoms with E-state index in [1.165, 1.54) is 7.11 Å². The first-order valence-electron chi connectivity index (χ1n) is 6.19. The van der Waals surface area contributed by atoms with E-state index in [9.17, 15) is 4.79 Å². The maximum absolute atomic E-state index is 11.3. The van der Waals surface area contributed by atoms with Crippen molar-refractivity contribution in [3.05, 3.63) is 59.4 Å². The van der Waals surface area contributed by atoms with E-state index in [-0.39, 0.29) is 12.0 Å². The van der Waals surface area contributed by atoms with Gasteiger partial charge in [0.15, 0.2) is 0 Å². The Morgan fingerprint density at radius 1 is 1.32 bits per heavy atom. The van der Waals surface area contributed by atoms with Crippen LogP contribution in [-0.2, 0) is 11.3 Å². The lowest BCUT2D eigenvalue weighted by molar-refractivity contribution is 0.0600. The number of nitrogens with zero attached hydrogens (tertiary/aromatic N) is 1. The van der Waals surface area contributed by atoms with Gasteiger partial charge < -0.3 is 15.0 Å². The van der Waals surface area contributed by atoms with Gasteiger partial charge in [-0.2, -0.15) is 0 Å². The molecule has 0 saturated carbocycles. The van der Waals surface area contributed by atoms with Gasteiger partial charge in [0.2, 0.25) is 0 Å². The second-order valence-corrected chi connectivity index (χ2v) is 4.54. The van der Waals surface area contributed by atoms with Crippen molar-refractivity contribution in [1.82, 2.24) is 4.57 Å². The molecule has 0 saturated heterocycles. The third kappa shape index (κ3) is 3.03. The molecule has 2 N–H and O–H groups in total. The number of hydrogen-bond donors (Lipinski definition) is 1. The Hall–Kier alpha value is -2.07. The van der Waals surface area contributed by atoms with Crippen molar-refractivity contribution in [1.29, 1.82) is 0 Å². The zero-order valence-electron chi connectivity index (χ0n) is 11.2. The molecule has 1 atom stereocenters. The molecule has 4 heteroatoms. The summed E-state index contributed by atoms with van der Waals surface area (Å²) in [5.41, 5.74) is 8.68. The van der Waals surface area contributed by atoms with Crippen molar-refractivity contribution >= 4 is 5.97 Å². The van der Waals surface area contributed by atoms with Crippen LogP contribution in [0.25, 0.3) is 0 Å². The standard InChI is InChI=1S/C15H18N2O2/c1-11(16)14-4-3-9-17(14)10-12-5-7-13(8-6-12)15(18)19-2/h3-9,11H,10,16H2,1-2H3. The van der Waals surface area contributed by atoms with Gasteiger partial charge in [-0.1, -0.05) is 12.1 Å². The Morgan fingerprint density at radius 3 is 2.58 bits per heavy atom. The summed E-state index contributed by atoms with van der Waals surface area (Å²) in [5.74, 6) is -0.316. The minimum absolute atomic E-state index is 0.00402.